The number of amides is 2. The first-order valence-corrected chi connectivity index (χ1v) is 11.9. The molecule has 0 unspecified atom stereocenters. The number of fused-ring (bicyclic) bond motifs is 1. The number of thiazole rings is 1. The van der Waals surface area contributed by atoms with Gasteiger partial charge in [-0.3, -0.25) is 9.59 Å². The number of carbonyl (C=O) groups excluding carboxylic acids is 2. The SMILES string of the molecule is CCC(=O)N1CCN(c2nc3c(s2)C[C@H](C(=O)N2CCN(CC)CC2)CC3)CC1. The van der Waals surface area contributed by atoms with Crippen LogP contribution < -0.4 is 4.90 Å². The highest BCUT2D eigenvalue weighted by atomic mass is 32.1. The maximum atomic E-state index is 13.0. The van der Waals surface area contributed by atoms with Crippen LogP contribution in [0.4, 0.5) is 5.13 Å². The summed E-state index contributed by atoms with van der Waals surface area (Å²) in [5, 5.41) is 1.07. The van der Waals surface area contributed by atoms with E-state index in [0.717, 1.165) is 83.3 Å². The average molecular weight is 420 g/mol. The zero-order chi connectivity index (χ0) is 20.4. The fourth-order valence-electron chi connectivity index (χ4n) is 4.62. The number of piperazine rings is 2. The van der Waals surface area contributed by atoms with Gasteiger partial charge >= 0.3 is 0 Å². The summed E-state index contributed by atoms with van der Waals surface area (Å²) in [4.78, 5) is 39.9. The van der Waals surface area contributed by atoms with Crippen molar-refractivity contribution in [3.8, 4) is 0 Å². The van der Waals surface area contributed by atoms with Crippen molar-refractivity contribution in [2.45, 2.75) is 39.5 Å². The standard InChI is InChI=1S/C21H33N5O2S/c1-3-19(27)24-11-13-26(14-12-24)21-22-17-6-5-16(15-18(17)29-21)20(28)25-9-7-23(4-2)8-10-25/h16H,3-15H2,1-2H3/t16-/m1/s1. The second-order valence-corrected chi connectivity index (χ2v) is 9.35. The van der Waals surface area contributed by atoms with Crippen molar-refractivity contribution in [1.82, 2.24) is 19.7 Å². The lowest BCUT2D eigenvalue weighted by molar-refractivity contribution is -0.137. The summed E-state index contributed by atoms with van der Waals surface area (Å²) in [6.07, 6.45) is 3.25. The lowest BCUT2D eigenvalue weighted by Crippen LogP contribution is -2.50. The lowest BCUT2D eigenvalue weighted by Gasteiger charge is -2.36. The minimum absolute atomic E-state index is 0.114. The summed E-state index contributed by atoms with van der Waals surface area (Å²) in [5.74, 6) is 0.695. The molecule has 0 spiro atoms. The topological polar surface area (TPSA) is 60.0 Å². The van der Waals surface area contributed by atoms with Gasteiger partial charge in [-0.15, -0.1) is 11.3 Å². The molecule has 1 aromatic rings. The Kier molecular flexibility index (Phi) is 6.39. The van der Waals surface area contributed by atoms with E-state index in [1.54, 1.807) is 11.3 Å². The second kappa shape index (κ2) is 9.00. The van der Waals surface area contributed by atoms with Crippen LogP contribution >= 0.6 is 11.3 Å². The zero-order valence-electron chi connectivity index (χ0n) is 17.7. The predicted octanol–water partition coefficient (Wildman–Crippen LogP) is 1.47. The first-order chi connectivity index (χ1) is 14.1. The van der Waals surface area contributed by atoms with Crippen molar-refractivity contribution in [3.63, 3.8) is 0 Å². The molecule has 1 aliphatic carbocycles. The third-order valence-electron chi connectivity index (χ3n) is 6.61. The number of hydrogen-bond donors (Lipinski definition) is 0. The number of aryl methyl sites for hydroxylation is 1. The van der Waals surface area contributed by atoms with E-state index < -0.39 is 0 Å². The second-order valence-electron chi connectivity index (χ2n) is 8.29. The number of carbonyl (C=O) groups is 2. The molecule has 7 nitrogen and oxygen atoms in total. The van der Waals surface area contributed by atoms with E-state index in [9.17, 15) is 9.59 Å². The number of rotatable bonds is 4. The molecule has 0 radical (unpaired) electrons. The summed E-state index contributed by atoms with van der Waals surface area (Å²) in [5.41, 5.74) is 1.19. The molecule has 1 aromatic heterocycles. The van der Waals surface area contributed by atoms with Gasteiger partial charge in [-0.25, -0.2) is 4.98 Å². The average Bonchev–Trinajstić information content (AvgIpc) is 3.21. The molecule has 0 saturated carbocycles. The molecule has 0 aromatic carbocycles. The fraction of sp³-hybridized carbons (Fsp3) is 0.762. The van der Waals surface area contributed by atoms with Gasteiger partial charge in [0.05, 0.1) is 5.69 Å². The van der Waals surface area contributed by atoms with Crippen LogP contribution in [0, 0.1) is 5.92 Å². The summed E-state index contributed by atoms with van der Waals surface area (Å²) in [6, 6.07) is 0. The summed E-state index contributed by atoms with van der Waals surface area (Å²) >= 11 is 1.76. The van der Waals surface area contributed by atoms with Crippen molar-refractivity contribution < 1.29 is 9.59 Å². The number of hydrogen-bond acceptors (Lipinski definition) is 6. The third kappa shape index (κ3) is 4.43. The highest BCUT2D eigenvalue weighted by Crippen LogP contribution is 2.35. The molecule has 2 aliphatic heterocycles. The minimum atomic E-state index is 0.114. The number of nitrogens with zero attached hydrogens (tertiary/aromatic N) is 5. The summed E-state index contributed by atoms with van der Waals surface area (Å²) < 4.78 is 0. The Morgan fingerprint density at radius 3 is 2.34 bits per heavy atom. The van der Waals surface area contributed by atoms with Crippen molar-refractivity contribution in [1.29, 1.82) is 0 Å². The van der Waals surface area contributed by atoms with E-state index in [2.05, 4.69) is 21.6 Å². The molecule has 2 amide bonds. The van der Waals surface area contributed by atoms with E-state index in [1.807, 2.05) is 11.8 Å². The first-order valence-electron chi connectivity index (χ1n) is 11.1. The van der Waals surface area contributed by atoms with Crippen LogP contribution in [0.2, 0.25) is 0 Å². The number of aromatic nitrogens is 1. The Morgan fingerprint density at radius 1 is 1.00 bits per heavy atom. The van der Waals surface area contributed by atoms with E-state index in [4.69, 9.17) is 4.98 Å². The third-order valence-corrected chi connectivity index (χ3v) is 7.79. The highest BCUT2D eigenvalue weighted by molar-refractivity contribution is 7.15. The normalized spacial score (nSPS) is 23.2. The summed E-state index contributed by atoms with van der Waals surface area (Å²) in [7, 11) is 0. The molecule has 8 heteroatoms. The maximum Gasteiger partial charge on any atom is 0.226 e. The van der Waals surface area contributed by atoms with Gasteiger partial charge in [-0.2, -0.15) is 0 Å². The van der Waals surface area contributed by atoms with Gasteiger partial charge < -0.3 is 19.6 Å². The van der Waals surface area contributed by atoms with Crippen LogP contribution in [0.25, 0.3) is 0 Å². The van der Waals surface area contributed by atoms with Crippen LogP contribution in [0.1, 0.15) is 37.3 Å². The van der Waals surface area contributed by atoms with Crippen molar-refractivity contribution in [2.75, 3.05) is 63.8 Å². The van der Waals surface area contributed by atoms with Gasteiger partial charge in [-0.05, 0) is 25.8 Å². The van der Waals surface area contributed by atoms with Crippen LogP contribution in [-0.4, -0.2) is 90.4 Å². The van der Waals surface area contributed by atoms with Gasteiger partial charge in [-0.1, -0.05) is 13.8 Å². The maximum absolute atomic E-state index is 13.0. The first kappa shape index (κ1) is 20.6. The Bertz CT molecular complexity index is 735. The Hall–Kier alpha value is -1.67. The molecular weight excluding hydrogens is 386 g/mol. The van der Waals surface area contributed by atoms with Gasteiger partial charge in [0.1, 0.15) is 0 Å². The fourth-order valence-corrected chi connectivity index (χ4v) is 5.86. The van der Waals surface area contributed by atoms with Crippen LogP contribution in [0.3, 0.4) is 0 Å². The van der Waals surface area contributed by atoms with Gasteiger partial charge in [0.2, 0.25) is 11.8 Å². The van der Waals surface area contributed by atoms with Crippen LogP contribution in [0.15, 0.2) is 0 Å². The molecule has 0 bridgehead atoms. The molecular formula is C21H33N5O2S. The Labute approximate surface area is 177 Å². The molecule has 3 aliphatic rings. The van der Waals surface area contributed by atoms with Gasteiger partial charge in [0.15, 0.2) is 5.13 Å². The lowest BCUT2D eigenvalue weighted by atomic mass is 9.90. The molecule has 1 atom stereocenters. The van der Waals surface area contributed by atoms with E-state index in [-0.39, 0.29) is 11.8 Å². The number of likely N-dealkylation sites (N-methyl/N-ethyl adjacent to an activating group) is 1. The predicted molar refractivity (Wildman–Crippen MR) is 115 cm³/mol. The Balaban J connectivity index is 1.34. The molecule has 2 saturated heterocycles. The Morgan fingerprint density at radius 2 is 1.69 bits per heavy atom. The van der Waals surface area contributed by atoms with Crippen LogP contribution in [-0.2, 0) is 22.4 Å². The quantitative estimate of drug-likeness (QED) is 0.740. The molecule has 29 heavy (non-hydrogen) atoms. The smallest absolute Gasteiger partial charge is 0.226 e. The molecule has 4 rings (SSSR count). The largest absolute Gasteiger partial charge is 0.345 e. The van der Waals surface area contributed by atoms with Gasteiger partial charge in [0, 0.05) is 69.6 Å². The number of anilines is 1. The minimum Gasteiger partial charge on any atom is -0.345 e. The summed E-state index contributed by atoms with van der Waals surface area (Å²) in [6.45, 7) is 12.2. The van der Waals surface area contributed by atoms with E-state index in [1.165, 1.54) is 10.6 Å². The molecule has 160 valence electrons. The van der Waals surface area contributed by atoms with Crippen molar-refractivity contribution in [2.24, 2.45) is 5.92 Å². The highest BCUT2D eigenvalue weighted by Gasteiger charge is 2.32. The molecule has 0 N–H and O–H groups in total. The monoisotopic (exact) mass is 419 g/mol. The van der Waals surface area contributed by atoms with E-state index in [0.29, 0.717) is 12.3 Å². The van der Waals surface area contributed by atoms with Crippen molar-refractivity contribution >= 4 is 28.3 Å². The van der Waals surface area contributed by atoms with E-state index >= 15 is 0 Å². The molecule has 2 fully saturated rings. The van der Waals surface area contributed by atoms with Crippen molar-refractivity contribution in [3.05, 3.63) is 10.6 Å². The van der Waals surface area contributed by atoms with Crippen LogP contribution in [0.5, 0.6) is 0 Å². The molecule has 3 heterocycles. The zero-order valence-corrected chi connectivity index (χ0v) is 18.5. The van der Waals surface area contributed by atoms with Gasteiger partial charge in [0.25, 0.3) is 0 Å².